The highest BCUT2D eigenvalue weighted by Crippen LogP contribution is 2.29. The Bertz CT molecular complexity index is 941. The van der Waals surface area contributed by atoms with Crippen molar-refractivity contribution < 1.29 is 17.9 Å². The van der Waals surface area contributed by atoms with Crippen molar-refractivity contribution in [2.45, 2.75) is 12.8 Å². The van der Waals surface area contributed by atoms with Crippen LogP contribution in [0, 0.1) is 23.4 Å². The van der Waals surface area contributed by atoms with Crippen molar-refractivity contribution in [2.75, 3.05) is 19.7 Å². The molecule has 1 N–H and O–H groups in total. The summed E-state index contributed by atoms with van der Waals surface area (Å²) in [4.78, 5) is 0. The zero-order chi connectivity index (χ0) is 18.1. The van der Waals surface area contributed by atoms with Crippen LogP contribution in [0.4, 0.5) is 13.2 Å². The first-order valence-corrected chi connectivity index (χ1v) is 8.59. The Hall–Kier alpha value is -2.25. The van der Waals surface area contributed by atoms with Crippen LogP contribution in [0.3, 0.4) is 0 Å². The van der Waals surface area contributed by atoms with E-state index in [-0.39, 0.29) is 18.3 Å². The van der Waals surface area contributed by atoms with Crippen LogP contribution in [0.25, 0.3) is 16.6 Å². The average Bonchev–Trinajstić information content (AvgIpc) is 3.01. The summed E-state index contributed by atoms with van der Waals surface area (Å²) in [6.07, 6.45) is 2.15. The zero-order valence-corrected chi connectivity index (χ0v) is 15.2. The van der Waals surface area contributed by atoms with Gasteiger partial charge in [0.2, 0.25) is 5.88 Å². The first-order valence-electron chi connectivity index (χ1n) is 8.59. The molecule has 0 bridgehead atoms. The molecule has 27 heavy (non-hydrogen) atoms. The van der Waals surface area contributed by atoms with Crippen molar-refractivity contribution >= 4 is 23.3 Å². The third-order valence-corrected chi connectivity index (χ3v) is 4.61. The summed E-state index contributed by atoms with van der Waals surface area (Å²) in [6, 6.07) is 7.70. The van der Waals surface area contributed by atoms with Gasteiger partial charge in [0.05, 0.1) is 23.2 Å². The number of aromatic nitrogens is 2. The van der Waals surface area contributed by atoms with Crippen molar-refractivity contribution in [3.63, 3.8) is 0 Å². The number of rotatable bonds is 4. The fourth-order valence-corrected chi connectivity index (χ4v) is 3.25. The van der Waals surface area contributed by atoms with E-state index in [4.69, 9.17) is 4.74 Å². The van der Waals surface area contributed by atoms with Gasteiger partial charge in [0.25, 0.3) is 0 Å². The Morgan fingerprint density at radius 2 is 1.96 bits per heavy atom. The zero-order valence-electron chi connectivity index (χ0n) is 14.4. The predicted molar refractivity (Wildman–Crippen MR) is 99.3 cm³/mol. The molecule has 1 fully saturated rings. The number of nitrogens with one attached hydrogen (secondary N) is 1. The van der Waals surface area contributed by atoms with E-state index in [1.165, 1.54) is 22.9 Å². The maximum absolute atomic E-state index is 13.7. The third kappa shape index (κ3) is 4.04. The molecular weight excluding hydrogens is 379 g/mol. The largest absolute Gasteiger partial charge is 0.476 e. The molecule has 0 radical (unpaired) electrons. The summed E-state index contributed by atoms with van der Waals surface area (Å²) in [6.45, 7) is 2.35. The monoisotopic (exact) mass is 397 g/mol. The quantitative estimate of drug-likeness (QED) is 0.715. The van der Waals surface area contributed by atoms with Crippen LogP contribution in [0.5, 0.6) is 5.88 Å². The highest BCUT2D eigenvalue weighted by molar-refractivity contribution is 5.86. The molecule has 4 rings (SSSR count). The Balaban J connectivity index is 0.00000210. The van der Waals surface area contributed by atoms with E-state index in [9.17, 15) is 13.2 Å². The lowest BCUT2D eigenvalue weighted by Crippen LogP contribution is -2.33. The summed E-state index contributed by atoms with van der Waals surface area (Å²) in [5, 5.41) is 8.19. The summed E-state index contributed by atoms with van der Waals surface area (Å²) < 4.78 is 47.9. The van der Waals surface area contributed by atoms with Crippen LogP contribution in [0.2, 0.25) is 0 Å². The van der Waals surface area contributed by atoms with Gasteiger partial charge in [-0.1, -0.05) is 0 Å². The lowest BCUT2D eigenvalue weighted by Gasteiger charge is -2.22. The van der Waals surface area contributed by atoms with Gasteiger partial charge >= 0.3 is 0 Å². The Labute approximate surface area is 160 Å². The van der Waals surface area contributed by atoms with Gasteiger partial charge in [0.1, 0.15) is 5.82 Å². The number of nitrogens with zero attached hydrogens (tertiary/aromatic N) is 2. The van der Waals surface area contributed by atoms with Gasteiger partial charge in [-0.15, -0.1) is 17.5 Å². The molecule has 0 aliphatic carbocycles. The lowest BCUT2D eigenvalue weighted by molar-refractivity contribution is 0.213. The molecule has 3 aromatic rings. The van der Waals surface area contributed by atoms with Gasteiger partial charge in [0.15, 0.2) is 11.6 Å². The number of piperidine rings is 1. The third-order valence-electron chi connectivity index (χ3n) is 4.61. The highest BCUT2D eigenvalue weighted by atomic mass is 35.5. The SMILES string of the molecule is Cl.Fc1ccc2c(c1)c(OCC1CCCNC1)nn2-c1ccc(F)c(F)c1. The minimum atomic E-state index is -0.969. The van der Waals surface area contributed by atoms with Crippen molar-refractivity contribution in [2.24, 2.45) is 5.92 Å². The van der Waals surface area contributed by atoms with Gasteiger partial charge in [-0.25, -0.2) is 17.9 Å². The van der Waals surface area contributed by atoms with Crippen LogP contribution < -0.4 is 10.1 Å². The van der Waals surface area contributed by atoms with Crippen LogP contribution >= 0.6 is 12.4 Å². The summed E-state index contributed by atoms with van der Waals surface area (Å²) in [5.41, 5.74) is 0.906. The molecule has 4 nitrogen and oxygen atoms in total. The van der Waals surface area contributed by atoms with Gasteiger partial charge in [0, 0.05) is 18.5 Å². The van der Waals surface area contributed by atoms with Gasteiger partial charge in [-0.2, -0.15) is 0 Å². The lowest BCUT2D eigenvalue weighted by atomic mass is 10.0. The molecule has 0 amide bonds. The predicted octanol–water partition coefficient (Wildman–Crippen LogP) is 4.24. The van der Waals surface area contributed by atoms with Gasteiger partial charge in [-0.05, 0) is 49.7 Å². The van der Waals surface area contributed by atoms with Crippen molar-refractivity contribution in [1.82, 2.24) is 15.1 Å². The number of halogens is 4. The molecule has 1 unspecified atom stereocenters. The van der Waals surface area contributed by atoms with E-state index in [1.54, 1.807) is 6.07 Å². The number of fused-ring (bicyclic) bond motifs is 1. The van der Waals surface area contributed by atoms with E-state index in [1.807, 2.05) is 0 Å². The van der Waals surface area contributed by atoms with Crippen molar-refractivity contribution in [3.05, 3.63) is 53.8 Å². The van der Waals surface area contributed by atoms with E-state index in [0.717, 1.165) is 38.1 Å². The second-order valence-corrected chi connectivity index (χ2v) is 6.50. The molecule has 1 aromatic heterocycles. The molecule has 1 atom stereocenters. The molecule has 1 aliphatic heterocycles. The summed E-state index contributed by atoms with van der Waals surface area (Å²) >= 11 is 0. The smallest absolute Gasteiger partial charge is 0.241 e. The molecule has 2 aromatic carbocycles. The average molecular weight is 398 g/mol. The maximum Gasteiger partial charge on any atom is 0.241 e. The normalized spacial score (nSPS) is 16.9. The molecular formula is C19H19ClF3N3O. The fourth-order valence-electron chi connectivity index (χ4n) is 3.25. The second kappa shape index (κ2) is 8.19. The number of hydrogen-bond acceptors (Lipinski definition) is 3. The van der Waals surface area contributed by atoms with E-state index < -0.39 is 17.5 Å². The van der Waals surface area contributed by atoms with Gasteiger partial charge in [-0.3, -0.25) is 0 Å². The van der Waals surface area contributed by atoms with Crippen LogP contribution in [0.1, 0.15) is 12.8 Å². The maximum atomic E-state index is 13.7. The number of benzene rings is 2. The van der Waals surface area contributed by atoms with Crippen molar-refractivity contribution in [1.29, 1.82) is 0 Å². The standard InChI is InChI=1S/C19H18F3N3O.ClH/c20-13-3-6-18-15(8-13)19(26-11-12-2-1-7-23-10-12)24-25(18)14-4-5-16(21)17(22)9-14;/h3-6,8-9,12,23H,1-2,7,10-11H2;1H. The van der Waals surface area contributed by atoms with Crippen molar-refractivity contribution in [3.8, 4) is 11.6 Å². The number of hydrogen-bond donors (Lipinski definition) is 1. The highest BCUT2D eigenvalue weighted by Gasteiger charge is 2.18. The molecule has 1 aliphatic rings. The molecule has 8 heteroatoms. The van der Waals surface area contributed by atoms with Gasteiger partial charge < -0.3 is 10.1 Å². The van der Waals surface area contributed by atoms with E-state index in [2.05, 4.69) is 10.4 Å². The van der Waals surface area contributed by atoms with Crippen LogP contribution in [0.15, 0.2) is 36.4 Å². The second-order valence-electron chi connectivity index (χ2n) is 6.50. The molecule has 1 saturated heterocycles. The Kier molecular flexibility index (Phi) is 5.92. The minimum Gasteiger partial charge on any atom is -0.476 e. The summed E-state index contributed by atoms with van der Waals surface area (Å²) in [5.74, 6) is -1.66. The topological polar surface area (TPSA) is 39.1 Å². The first kappa shape index (κ1) is 19.5. The molecule has 144 valence electrons. The summed E-state index contributed by atoms with van der Waals surface area (Å²) in [7, 11) is 0. The fraction of sp³-hybridized carbons (Fsp3) is 0.316. The molecule has 2 heterocycles. The number of ether oxygens (including phenoxy) is 1. The minimum absolute atomic E-state index is 0. The Morgan fingerprint density at radius 1 is 1.11 bits per heavy atom. The first-order chi connectivity index (χ1) is 12.6. The van der Waals surface area contributed by atoms with Crippen LogP contribution in [-0.4, -0.2) is 29.5 Å². The van der Waals surface area contributed by atoms with E-state index >= 15 is 0 Å². The van der Waals surface area contributed by atoms with E-state index in [0.29, 0.717) is 29.1 Å². The molecule has 0 saturated carbocycles. The van der Waals surface area contributed by atoms with Crippen LogP contribution in [-0.2, 0) is 0 Å². The Morgan fingerprint density at radius 3 is 2.70 bits per heavy atom. The molecule has 0 spiro atoms.